The number of fused-ring (bicyclic) bond motifs is 1. The summed E-state index contributed by atoms with van der Waals surface area (Å²) in [5, 5.41) is 9.79. The van der Waals surface area contributed by atoms with E-state index >= 15 is 0 Å². The smallest absolute Gasteiger partial charge is 0.416 e. The van der Waals surface area contributed by atoms with Crippen molar-refractivity contribution >= 4 is 11.7 Å². The van der Waals surface area contributed by atoms with E-state index in [9.17, 15) is 23.1 Å². The minimum Gasteiger partial charge on any atom is -0.479 e. The van der Waals surface area contributed by atoms with Gasteiger partial charge in [0.2, 0.25) is 5.88 Å². The summed E-state index contributed by atoms with van der Waals surface area (Å²) in [5.41, 5.74) is 1.95. The Morgan fingerprint density at radius 2 is 1.83 bits per heavy atom. The second-order valence-electron chi connectivity index (χ2n) is 7.02. The Morgan fingerprint density at radius 1 is 1.17 bits per heavy atom. The Labute approximate surface area is 167 Å². The number of anilines is 1. The third-order valence-electron chi connectivity index (χ3n) is 5.00. The fourth-order valence-corrected chi connectivity index (χ4v) is 3.52. The van der Waals surface area contributed by atoms with Crippen molar-refractivity contribution in [1.29, 1.82) is 0 Å². The summed E-state index contributed by atoms with van der Waals surface area (Å²) in [6.07, 6.45) is -4.50. The van der Waals surface area contributed by atoms with Gasteiger partial charge in [-0.15, -0.1) is 0 Å². The first kappa shape index (κ1) is 20.8. The number of rotatable bonds is 5. The largest absolute Gasteiger partial charge is 0.479 e. The van der Waals surface area contributed by atoms with Crippen molar-refractivity contribution in [3.8, 4) is 0 Å². The predicted molar refractivity (Wildman–Crippen MR) is 104 cm³/mol. The fourth-order valence-electron chi connectivity index (χ4n) is 3.52. The van der Waals surface area contributed by atoms with Crippen LogP contribution in [0.15, 0.2) is 53.9 Å². The predicted octanol–water partition coefficient (Wildman–Crippen LogP) is 5.47. The molecule has 0 aromatic heterocycles. The van der Waals surface area contributed by atoms with Gasteiger partial charge in [-0.1, -0.05) is 42.8 Å². The maximum atomic E-state index is 13.3. The highest BCUT2D eigenvalue weighted by Crippen LogP contribution is 2.44. The van der Waals surface area contributed by atoms with E-state index in [1.807, 2.05) is 31.2 Å². The molecular formula is C22H22F3NO3. The first-order valence-electron chi connectivity index (χ1n) is 9.28. The van der Waals surface area contributed by atoms with Gasteiger partial charge >= 0.3 is 12.1 Å². The van der Waals surface area contributed by atoms with E-state index in [0.29, 0.717) is 11.3 Å². The second kappa shape index (κ2) is 7.81. The van der Waals surface area contributed by atoms with Gasteiger partial charge < -0.3 is 14.7 Å². The highest BCUT2D eigenvalue weighted by Gasteiger charge is 2.38. The summed E-state index contributed by atoms with van der Waals surface area (Å²) in [7, 11) is 0. The van der Waals surface area contributed by atoms with Crippen LogP contribution in [0.2, 0.25) is 0 Å². The lowest BCUT2D eigenvalue weighted by Gasteiger charge is -2.37. The molecule has 1 heterocycles. The lowest BCUT2D eigenvalue weighted by molar-refractivity contribution is -0.137. The van der Waals surface area contributed by atoms with Crippen molar-refractivity contribution in [2.45, 2.75) is 39.4 Å². The number of benzene rings is 2. The summed E-state index contributed by atoms with van der Waals surface area (Å²) in [6, 6.07) is 10.9. The molecule has 154 valence electrons. The quantitative estimate of drug-likeness (QED) is 0.717. The van der Waals surface area contributed by atoms with Gasteiger partial charge in [0.05, 0.1) is 18.7 Å². The summed E-state index contributed by atoms with van der Waals surface area (Å²) < 4.78 is 45.7. The summed E-state index contributed by atoms with van der Waals surface area (Å²) >= 11 is 0. The Hall–Kier alpha value is -2.96. The van der Waals surface area contributed by atoms with E-state index in [1.54, 1.807) is 13.8 Å². The Bertz CT molecular complexity index is 949. The monoisotopic (exact) mass is 405 g/mol. The van der Waals surface area contributed by atoms with E-state index in [4.69, 9.17) is 4.74 Å². The lowest BCUT2D eigenvalue weighted by Crippen LogP contribution is -2.33. The van der Waals surface area contributed by atoms with Crippen molar-refractivity contribution in [2.24, 2.45) is 0 Å². The number of ether oxygens (including phenoxy) is 1. The Morgan fingerprint density at radius 3 is 2.38 bits per heavy atom. The van der Waals surface area contributed by atoms with E-state index in [-0.39, 0.29) is 24.6 Å². The van der Waals surface area contributed by atoms with Crippen molar-refractivity contribution in [1.82, 2.24) is 0 Å². The van der Waals surface area contributed by atoms with Crippen molar-refractivity contribution in [2.75, 3.05) is 11.5 Å². The summed E-state index contributed by atoms with van der Waals surface area (Å²) in [6.45, 7) is 5.69. The van der Waals surface area contributed by atoms with E-state index in [2.05, 4.69) is 0 Å². The fraction of sp³-hybridized carbons (Fsp3) is 0.318. The standard InChI is InChI=1S/C22H22F3NO3/c1-4-29-20-19(21(27)28)14(3)17-10-9-16(22(23,24)25)11-18(17)26(20)12-15-7-5-13(2)6-8-15/h5-11,14H,4,12H2,1-3H3,(H,27,28). The lowest BCUT2D eigenvalue weighted by atomic mass is 9.87. The van der Waals surface area contributed by atoms with Gasteiger partial charge in [-0.2, -0.15) is 13.2 Å². The van der Waals surface area contributed by atoms with Crippen LogP contribution >= 0.6 is 0 Å². The van der Waals surface area contributed by atoms with Crippen LogP contribution in [0.25, 0.3) is 0 Å². The Balaban J connectivity index is 2.20. The average Bonchev–Trinajstić information content (AvgIpc) is 2.65. The molecule has 0 amide bonds. The van der Waals surface area contributed by atoms with Gasteiger partial charge in [0.1, 0.15) is 5.57 Å². The number of carboxylic acids is 1. The van der Waals surface area contributed by atoms with Crippen LogP contribution < -0.4 is 4.90 Å². The molecular weight excluding hydrogens is 383 g/mol. The zero-order valence-electron chi connectivity index (χ0n) is 16.4. The molecule has 7 heteroatoms. The molecule has 1 unspecified atom stereocenters. The zero-order valence-corrected chi connectivity index (χ0v) is 16.4. The zero-order chi connectivity index (χ0) is 21.3. The number of aliphatic carboxylic acids is 1. The van der Waals surface area contributed by atoms with Crippen LogP contribution in [-0.4, -0.2) is 17.7 Å². The van der Waals surface area contributed by atoms with Gasteiger partial charge in [0, 0.05) is 11.6 Å². The number of hydrogen-bond donors (Lipinski definition) is 1. The number of alkyl halides is 3. The van der Waals surface area contributed by atoms with Gasteiger partial charge in [0.25, 0.3) is 0 Å². The van der Waals surface area contributed by atoms with Gasteiger partial charge in [-0.05, 0) is 37.1 Å². The molecule has 0 bridgehead atoms. The maximum Gasteiger partial charge on any atom is 0.416 e. The third kappa shape index (κ3) is 4.09. The number of carboxylic acid groups (broad SMARTS) is 1. The van der Waals surface area contributed by atoms with Gasteiger partial charge in [0.15, 0.2) is 0 Å². The van der Waals surface area contributed by atoms with E-state index in [1.165, 1.54) is 11.0 Å². The summed E-state index contributed by atoms with van der Waals surface area (Å²) in [4.78, 5) is 13.5. The minimum absolute atomic E-state index is 0.0335. The molecule has 1 atom stereocenters. The number of aryl methyl sites for hydroxylation is 1. The van der Waals surface area contributed by atoms with Crippen LogP contribution in [0, 0.1) is 6.92 Å². The number of hydrogen-bond acceptors (Lipinski definition) is 3. The third-order valence-corrected chi connectivity index (χ3v) is 5.00. The van der Waals surface area contributed by atoms with Crippen LogP contribution in [0.4, 0.5) is 18.9 Å². The first-order valence-corrected chi connectivity index (χ1v) is 9.28. The molecule has 0 aliphatic carbocycles. The number of carbonyl (C=O) groups is 1. The van der Waals surface area contributed by atoms with E-state index < -0.39 is 23.6 Å². The highest BCUT2D eigenvalue weighted by molar-refractivity contribution is 5.92. The summed E-state index contributed by atoms with van der Waals surface area (Å²) in [5.74, 6) is -1.68. The molecule has 0 saturated heterocycles. The molecule has 1 N–H and O–H groups in total. The molecule has 1 aliphatic heterocycles. The molecule has 2 aromatic carbocycles. The molecule has 3 rings (SSSR count). The molecule has 0 saturated carbocycles. The van der Waals surface area contributed by atoms with E-state index in [0.717, 1.165) is 23.3 Å². The average molecular weight is 405 g/mol. The van der Waals surface area contributed by atoms with Crippen LogP contribution in [-0.2, 0) is 22.3 Å². The molecule has 2 aromatic rings. The van der Waals surface area contributed by atoms with Crippen LogP contribution in [0.1, 0.15) is 42.0 Å². The molecule has 0 spiro atoms. The van der Waals surface area contributed by atoms with Crippen molar-refractivity contribution < 1.29 is 27.8 Å². The second-order valence-corrected chi connectivity index (χ2v) is 7.02. The van der Waals surface area contributed by atoms with Gasteiger partial charge in [-0.3, -0.25) is 0 Å². The molecule has 0 radical (unpaired) electrons. The molecule has 29 heavy (non-hydrogen) atoms. The molecule has 0 fully saturated rings. The normalized spacial score (nSPS) is 16.6. The first-order chi connectivity index (χ1) is 13.6. The van der Waals surface area contributed by atoms with Gasteiger partial charge in [-0.25, -0.2) is 4.79 Å². The molecule has 1 aliphatic rings. The van der Waals surface area contributed by atoms with Crippen LogP contribution in [0.3, 0.4) is 0 Å². The van der Waals surface area contributed by atoms with Crippen molar-refractivity contribution in [3.63, 3.8) is 0 Å². The minimum atomic E-state index is -4.50. The highest BCUT2D eigenvalue weighted by atomic mass is 19.4. The number of nitrogens with zero attached hydrogens (tertiary/aromatic N) is 1. The maximum absolute atomic E-state index is 13.3. The van der Waals surface area contributed by atoms with Crippen LogP contribution in [0.5, 0.6) is 0 Å². The topological polar surface area (TPSA) is 49.8 Å². The molecule has 4 nitrogen and oxygen atoms in total. The SMILES string of the molecule is CCOC1=C(C(=O)O)C(C)c2ccc(C(F)(F)F)cc2N1Cc1ccc(C)cc1. The number of halogens is 3. The Kier molecular flexibility index (Phi) is 5.59. The van der Waals surface area contributed by atoms with Crippen molar-refractivity contribution in [3.05, 3.63) is 76.2 Å².